The molecule has 2 heterocycles. The van der Waals surface area contributed by atoms with Crippen LogP contribution in [-0.2, 0) is 11.2 Å². The molecule has 0 saturated heterocycles. The maximum atomic E-state index is 6.06. The van der Waals surface area contributed by atoms with E-state index in [0.29, 0.717) is 0 Å². The number of halogens is 1. The van der Waals surface area contributed by atoms with Crippen LogP contribution < -0.4 is 5.32 Å². The molecular formula is C9H12ClNOS. The topological polar surface area (TPSA) is 21.3 Å². The summed E-state index contributed by atoms with van der Waals surface area (Å²) in [5, 5.41) is 6.04. The van der Waals surface area contributed by atoms with Crippen molar-refractivity contribution in [1.29, 1.82) is 0 Å². The summed E-state index contributed by atoms with van der Waals surface area (Å²) in [7, 11) is 1.94. The quantitative estimate of drug-likeness (QED) is 0.821. The molecule has 0 aromatic carbocycles. The summed E-state index contributed by atoms with van der Waals surface area (Å²) in [6.07, 6.45) is 1.16. The standard InChI is InChI=1S/C9H12ClNOS/c1-11-4-8-9-6(2-3-12-8)7(10)5-13-9/h5,8,11H,2-4H2,1H3. The Kier molecular flexibility index (Phi) is 2.89. The van der Waals surface area contributed by atoms with Crippen molar-refractivity contribution in [3.63, 3.8) is 0 Å². The van der Waals surface area contributed by atoms with Crippen LogP contribution in [0.1, 0.15) is 16.5 Å². The van der Waals surface area contributed by atoms with E-state index in [1.165, 1.54) is 10.4 Å². The van der Waals surface area contributed by atoms with Gasteiger partial charge in [-0.05, 0) is 19.0 Å². The Bertz CT molecular complexity index is 300. The minimum atomic E-state index is 0.200. The highest BCUT2D eigenvalue weighted by molar-refractivity contribution is 7.10. The van der Waals surface area contributed by atoms with E-state index in [1.54, 1.807) is 11.3 Å². The van der Waals surface area contributed by atoms with Crippen LogP contribution in [-0.4, -0.2) is 20.2 Å². The van der Waals surface area contributed by atoms with E-state index in [4.69, 9.17) is 16.3 Å². The van der Waals surface area contributed by atoms with Gasteiger partial charge in [0, 0.05) is 16.8 Å². The van der Waals surface area contributed by atoms with Crippen molar-refractivity contribution < 1.29 is 4.74 Å². The molecule has 1 N–H and O–H groups in total. The highest BCUT2D eigenvalue weighted by Gasteiger charge is 2.23. The van der Waals surface area contributed by atoms with Gasteiger partial charge in [0.2, 0.25) is 0 Å². The Hall–Kier alpha value is -0.0900. The largest absolute Gasteiger partial charge is 0.371 e. The maximum Gasteiger partial charge on any atom is 0.104 e. The van der Waals surface area contributed by atoms with Crippen molar-refractivity contribution in [3.8, 4) is 0 Å². The summed E-state index contributed by atoms with van der Waals surface area (Å²) in [5.41, 5.74) is 1.29. The molecule has 72 valence electrons. The zero-order chi connectivity index (χ0) is 9.26. The average Bonchev–Trinajstić information content (AvgIpc) is 2.50. The van der Waals surface area contributed by atoms with E-state index >= 15 is 0 Å². The van der Waals surface area contributed by atoms with Gasteiger partial charge in [-0.15, -0.1) is 11.3 Å². The van der Waals surface area contributed by atoms with Gasteiger partial charge in [-0.25, -0.2) is 0 Å². The van der Waals surface area contributed by atoms with Crippen molar-refractivity contribution in [1.82, 2.24) is 5.32 Å². The van der Waals surface area contributed by atoms with Crippen LogP contribution >= 0.6 is 22.9 Å². The molecule has 1 aromatic rings. The van der Waals surface area contributed by atoms with Crippen molar-refractivity contribution in [3.05, 3.63) is 20.8 Å². The van der Waals surface area contributed by atoms with Crippen LogP contribution in [0.5, 0.6) is 0 Å². The molecule has 1 aliphatic rings. The van der Waals surface area contributed by atoms with E-state index in [0.717, 1.165) is 24.6 Å². The van der Waals surface area contributed by atoms with Crippen molar-refractivity contribution in [2.24, 2.45) is 0 Å². The lowest BCUT2D eigenvalue weighted by Gasteiger charge is -2.22. The first kappa shape index (κ1) is 9.46. The monoisotopic (exact) mass is 217 g/mol. The predicted octanol–water partition coefficient (Wildman–Crippen LogP) is 2.23. The third kappa shape index (κ3) is 1.74. The van der Waals surface area contributed by atoms with E-state index in [9.17, 15) is 0 Å². The molecule has 1 unspecified atom stereocenters. The number of ether oxygens (including phenoxy) is 1. The lowest BCUT2D eigenvalue weighted by atomic mass is 10.1. The van der Waals surface area contributed by atoms with Gasteiger partial charge in [0.1, 0.15) is 6.10 Å². The van der Waals surface area contributed by atoms with Gasteiger partial charge in [0.15, 0.2) is 0 Å². The minimum Gasteiger partial charge on any atom is -0.371 e. The number of rotatable bonds is 2. The van der Waals surface area contributed by atoms with Crippen LogP contribution in [0.3, 0.4) is 0 Å². The van der Waals surface area contributed by atoms with Gasteiger partial charge in [-0.3, -0.25) is 0 Å². The number of likely N-dealkylation sites (N-methyl/N-ethyl adjacent to an activating group) is 1. The molecule has 0 bridgehead atoms. The molecule has 13 heavy (non-hydrogen) atoms. The molecule has 0 aliphatic carbocycles. The van der Waals surface area contributed by atoms with Gasteiger partial charge < -0.3 is 10.1 Å². The lowest BCUT2D eigenvalue weighted by molar-refractivity contribution is 0.0469. The fraction of sp³-hybridized carbons (Fsp3) is 0.556. The Morgan fingerprint density at radius 1 is 1.77 bits per heavy atom. The Balaban J connectivity index is 2.27. The molecule has 1 aromatic heterocycles. The van der Waals surface area contributed by atoms with Gasteiger partial charge in [-0.2, -0.15) is 0 Å². The molecule has 0 radical (unpaired) electrons. The van der Waals surface area contributed by atoms with Crippen LogP contribution in [0.4, 0.5) is 0 Å². The SMILES string of the molecule is CNCC1OCCc2c(Cl)csc21. The zero-order valence-corrected chi connectivity index (χ0v) is 9.04. The number of fused-ring (bicyclic) bond motifs is 1. The summed E-state index contributed by atoms with van der Waals surface area (Å²) in [6, 6.07) is 0. The summed E-state index contributed by atoms with van der Waals surface area (Å²) in [4.78, 5) is 1.30. The van der Waals surface area contributed by atoms with Gasteiger partial charge in [0.05, 0.1) is 11.6 Å². The molecule has 0 spiro atoms. The number of hydrogen-bond donors (Lipinski definition) is 1. The van der Waals surface area contributed by atoms with Crippen LogP contribution in [0, 0.1) is 0 Å². The second-order valence-corrected chi connectivity index (χ2v) is 4.41. The summed E-state index contributed by atoms with van der Waals surface area (Å²) < 4.78 is 5.65. The smallest absolute Gasteiger partial charge is 0.104 e. The number of nitrogens with one attached hydrogen (secondary N) is 1. The molecule has 0 amide bonds. The second-order valence-electron chi connectivity index (χ2n) is 3.09. The third-order valence-corrected chi connectivity index (χ3v) is 3.81. The Morgan fingerprint density at radius 3 is 3.38 bits per heavy atom. The second kappa shape index (κ2) is 3.96. The van der Waals surface area contributed by atoms with E-state index in [2.05, 4.69) is 5.32 Å². The van der Waals surface area contributed by atoms with E-state index in [1.807, 2.05) is 12.4 Å². The van der Waals surface area contributed by atoms with E-state index < -0.39 is 0 Å². The normalized spacial score (nSPS) is 21.5. The molecule has 4 heteroatoms. The summed E-state index contributed by atoms with van der Waals surface area (Å²) >= 11 is 7.76. The molecule has 2 rings (SSSR count). The Morgan fingerprint density at radius 2 is 2.62 bits per heavy atom. The average molecular weight is 218 g/mol. The Labute approximate surface area is 86.9 Å². The van der Waals surface area contributed by atoms with Crippen molar-refractivity contribution in [2.75, 3.05) is 20.2 Å². The minimum absolute atomic E-state index is 0.200. The first-order valence-corrected chi connectivity index (χ1v) is 5.60. The van der Waals surface area contributed by atoms with Crippen LogP contribution in [0.2, 0.25) is 5.02 Å². The first-order valence-electron chi connectivity index (χ1n) is 4.35. The van der Waals surface area contributed by atoms with E-state index in [-0.39, 0.29) is 6.10 Å². The number of thiophene rings is 1. The highest BCUT2D eigenvalue weighted by Crippen LogP contribution is 2.36. The zero-order valence-electron chi connectivity index (χ0n) is 7.47. The maximum absolute atomic E-state index is 6.06. The first-order chi connectivity index (χ1) is 6.33. The fourth-order valence-electron chi connectivity index (χ4n) is 1.60. The van der Waals surface area contributed by atoms with Gasteiger partial charge >= 0.3 is 0 Å². The molecule has 1 atom stereocenters. The highest BCUT2D eigenvalue weighted by atomic mass is 35.5. The molecule has 2 nitrogen and oxygen atoms in total. The van der Waals surface area contributed by atoms with Crippen molar-refractivity contribution >= 4 is 22.9 Å². The lowest BCUT2D eigenvalue weighted by Crippen LogP contribution is -2.23. The van der Waals surface area contributed by atoms with Crippen LogP contribution in [0.15, 0.2) is 5.38 Å². The van der Waals surface area contributed by atoms with Crippen molar-refractivity contribution in [2.45, 2.75) is 12.5 Å². The third-order valence-electron chi connectivity index (χ3n) is 2.23. The molecule has 1 aliphatic heterocycles. The summed E-state index contributed by atoms with van der Waals surface area (Å²) in [6.45, 7) is 1.65. The van der Waals surface area contributed by atoms with Crippen LogP contribution in [0.25, 0.3) is 0 Å². The number of hydrogen-bond acceptors (Lipinski definition) is 3. The summed E-state index contributed by atoms with van der Waals surface area (Å²) in [5.74, 6) is 0. The fourth-order valence-corrected chi connectivity index (χ4v) is 3.02. The predicted molar refractivity (Wildman–Crippen MR) is 55.7 cm³/mol. The van der Waals surface area contributed by atoms with Gasteiger partial charge in [-0.1, -0.05) is 11.6 Å². The molecular weight excluding hydrogens is 206 g/mol. The molecule has 0 saturated carbocycles. The van der Waals surface area contributed by atoms with Gasteiger partial charge in [0.25, 0.3) is 0 Å². The molecule has 0 fully saturated rings.